The first-order valence-corrected chi connectivity index (χ1v) is 8.70. The second-order valence-corrected chi connectivity index (χ2v) is 7.17. The lowest BCUT2D eigenvalue weighted by atomic mass is 9.99. The minimum Gasteiger partial charge on any atom is -0.288 e. The fourth-order valence-electron chi connectivity index (χ4n) is 3.67. The van der Waals surface area contributed by atoms with E-state index >= 15 is 0 Å². The summed E-state index contributed by atoms with van der Waals surface area (Å²) < 4.78 is 0. The number of ketones is 1. The molecule has 0 saturated carbocycles. The van der Waals surface area contributed by atoms with Gasteiger partial charge in [-0.15, -0.1) is 0 Å². The van der Waals surface area contributed by atoms with E-state index in [1.807, 2.05) is 24.3 Å². The van der Waals surface area contributed by atoms with Crippen LogP contribution in [0.5, 0.6) is 0 Å². The molecular formula is C21H14OS. The minimum atomic E-state index is 0.147. The van der Waals surface area contributed by atoms with Crippen molar-refractivity contribution in [1.82, 2.24) is 0 Å². The molecule has 3 aromatic carbocycles. The van der Waals surface area contributed by atoms with Crippen LogP contribution in [0.15, 0.2) is 64.4 Å². The van der Waals surface area contributed by atoms with Gasteiger partial charge in [-0.1, -0.05) is 54.2 Å². The largest absolute Gasteiger partial charge is 0.288 e. The van der Waals surface area contributed by atoms with Crippen molar-refractivity contribution in [3.05, 3.63) is 81.8 Å². The average Bonchev–Trinajstić information content (AvgIpc) is 3.14. The quantitative estimate of drug-likeness (QED) is 0.569. The van der Waals surface area contributed by atoms with Crippen LogP contribution in [-0.4, -0.2) is 5.78 Å². The van der Waals surface area contributed by atoms with E-state index in [1.54, 1.807) is 11.8 Å². The number of Topliss-reactive ketones (excluding diaryl/α,β-unsaturated/α-hetero) is 1. The maximum absolute atomic E-state index is 12.6. The molecule has 1 nitrogen and oxygen atoms in total. The molecule has 5 rings (SSSR count). The fourth-order valence-corrected chi connectivity index (χ4v) is 4.72. The SMILES string of the molecule is O=C1/C(=C/c2ccc3c4c(cccc24)CC3)Sc2ccccc21. The molecule has 0 aromatic heterocycles. The average molecular weight is 314 g/mol. The summed E-state index contributed by atoms with van der Waals surface area (Å²) in [6.45, 7) is 0. The predicted octanol–water partition coefficient (Wildman–Crippen LogP) is 5.27. The summed E-state index contributed by atoms with van der Waals surface area (Å²) >= 11 is 1.58. The monoisotopic (exact) mass is 314 g/mol. The third-order valence-corrected chi connectivity index (χ3v) is 5.87. The molecule has 3 aromatic rings. The molecule has 1 aliphatic heterocycles. The topological polar surface area (TPSA) is 17.1 Å². The molecule has 0 amide bonds. The van der Waals surface area contributed by atoms with Gasteiger partial charge in [-0.05, 0) is 58.5 Å². The number of hydrogen-bond acceptors (Lipinski definition) is 2. The molecule has 23 heavy (non-hydrogen) atoms. The molecule has 0 radical (unpaired) electrons. The van der Waals surface area contributed by atoms with Crippen LogP contribution in [0.3, 0.4) is 0 Å². The van der Waals surface area contributed by atoms with Crippen molar-refractivity contribution in [3.63, 3.8) is 0 Å². The fraction of sp³-hybridized carbons (Fsp3) is 0.0952. The highest BCUT2D eigenvalue weighted by Crippen LogP contribution is 2.42. The molecule has 1 aliphatic carbocycles. The Balaban J connectivity index is 1.68. The zero-order chi connectivity index (χ0) is 15.4. The van der Waals surface area contributed by atoms with E-state index in [2.05, 4.69) is 36.4 Å². The number of hydrogen-bond donors (Lipinski definition) is 0. The van der Waals surface area contributed by atoms with Crippen LogP contribution in [0.1, 0.15) is 27.0 Å². The Labute approximate surface area is 139 Å². The smallest absolute Gasteiger partial charge is 0.200 e. The van der Waals surface area contributed by atoms with Crippen molar-refractivity contribution in [1.29, 1.82) is 0 Å². The Hall–Kier alpha value is -2.32. The van der Waals surface area contributed by atoms with Crippen LogP contribution >= 0.6 is 11.8 Å². The van der Waals surface area contributed by atoms with Crippen LogP contribution in [0.2, 0.25) is 0 Å². The Morgan fingerprint density at radius 2 is 1.70 bits per heavy atom. The van der Waals surface area contributed by atoms with Crippen LogP contribution in [0.25, 0.3) is 16.8 Å². The van der Waals surface area contributed by atoms with Crippen molar-refractivity contribution in [2.45, 2.75) is 17.7 Å². The van der Waals surface area contributed by atoms with E-state index in [9.17, 15) is 4.79 Å². The number of aryl methyl sites for hydroxylation is 2. The van der Waals surface area contributed by atoms with E-state index < -0.39 is 0 Å². The van der Waals surface area contributed by atoms with Gasteiger partial charge < -0.3 is 0 Å². The van der Waals surface area contributed by atoms with Crippen molar-refractivity contribution in [2.75, 3.05) is 0 Å². The third-order valence-electron chi connectivity index (χ3n) is 4.77. The molecule has 2 aliphatic rings. The molecule has 0 saturated heterocycles. The first kappa shape index (κ1) is 13.1. The maximum Gasteiger partial charge on any atom is 0.200 e. The normalized spacial score (nSPS) is 17.2. The molecule has 1 heterocycles. The number of thioether (sulfide) groups is 1. The number of fused-ring (bicyclic) bond motifs is 1. The van der Waals surface area contributed by atoms with Gasteiger partial charge in [0.15, 0.2) is 0 Å². The van der Waals surface area contributed by atoms with Crippen molar-refractivity contribution in [2.24, 2.45) is 0 Å². The molecular weight excluding hydrogens is 300 g/mol. The van der Waals surface area contributed by atoms with Crippen LogP contribution in [-0.2, 0) is 12.8 Å². The summed E-state index contributed by atoms with van der Waals surface area (Å²) in [5.41, 5.74) is 4.85. The number of carbonyl (C=O) groups is 1. The van der Waals surface area contributed by atoms with Crippen LogP contribution < -0.4 is 0 Å². The summed E-state index contributed by atoms with van der Waals surface area (Å²) in [4.78, 5) is 14.5. The van der Waals surface area contributed by atoms with E-state index in [0.29, 0.717) is 0 Å². The molecule has 0 fully saturated rings. The summed E-state index contributed by atoms with van der Waals surface area (Å²) in [5, 5.41) is 2.67. The molecule has 110 valence electrons. The number of rotatable bonds is 1. The molecule has 0 N–H and O–H groups in total. The highest BCUT2D eigenvalue weighted by Gasteiger charge is 2.25. The lowest BCUT2D eigenvalue weighted by Crippen LogP contribution is -1.94. The number of carbonyl (C=O) groups excluding carboxylic acids is 1. The van der Waals surface area contributed by atoms with Gasteiger partial charge in [0, 0.05) is 10.5 Å². The van der Waals surface area contributed by atoms with Crippen molar-refractivity contribution >= 4 is 34.4 Å². The van der Waals surface area contributed by atoms with Gasteiger partial charge >= 0.3 is 0 Å². The molecule has 0 bridgehead atoms. The number of benzene rings is 3. The lowest BCUT2D eigenvalue weighted by Gasteiger charge is -2.06. The van der Waals surface area contributed by atoms with Gasteiger partial charge in [-0.2, -0.15) is 0 Å². The van der Waals surface area contributed by atoms with Gasteiger partial charge in [0.25, 0.3) is 0 Å². The minimum absolute atomic E-state index is 0.147. The third kappa shape index (κ3) is 1.91. The first-order chi connectivity index (χ1) is 11.3. The molecule has 0 unspecified atom stereocenters. The van der Waals surface area contributed by atoms with Crippen LogP contribution in [0, 0.1) is 0 Å². The van der Waals surface area contributed by atoms with Crippen LogP contribution in [0.4, 0.5) is 0 Å². The van der Waals surface area contributed by atoms with Crippen molar-refractivity contribution < 1.29 is 4.79 Å². The lowest BCUT2D eigenvalue weighted by molar-refractivity contribution is 0.104. The Morgan fingerprint density at radius 3 is 2.57 bits per heavy atom. The Kier molecular flexibility index (Phi) is 2.77. The highest BCUT2D eigenvalue weighted by atomic mass is 32.2. The molecule has 0 spiro atoms. The second-order valence-electron chi connectivity index (χ2n) is 6.09. The van der Waals surface area contributed by atoms with E-state index in [-0.39, 0.29) is 5.78 Å². The van der Waals surface area contributed by atoms with E-state index in [1.165, 1.54) is 21.9 Å². The zero-order valence-corrected chi connectivity index (χ0v) is 13.3. The predicted molar refractivity (Wildman–Crippen MR) is 96.0 cm³/mol. The summed E-state index contributed by atoms with van der Waals surface area (Å²) in [7, 11) is 0. The van der Waals surface area contributed by atoms with Gasteiger partial charge in [0.05, 0.1) is 4.91 Å². The van der Waals surface area contributed by atoms with E-state index in [4.69, 9.17) is 0 Å². The summed E-state index contributed by atoms with van der Waals surface area (Å²) in [6.07, 6.45) is 4.33. The second kappa shape index (κ2) is 4.84. The van der Waals surface area contributed by atoms with Gasteiger partial charge in [-0.25, -0.2) is 0 Å². The summed E-state index contributed by atoms with van der Waals surface area (Å²) in [5.74, 6) is 0.147. The molecule has 2 heteroatoms. The Bertz CT molecular complexity index is 1000. The first-order valence-electron chi connectivity index (χ1n) is 7.88. The van der Waals surface area contributed by atoms with Gasteiger partial charge in [0.1, 0.15) is 0 Å². The van der Waals surface area contributed by atoms with E-state index in [0.717, 1.165) is 33.8 Å². The maximum atomic E-state index is 12.6. The summed E-state index contributed by atoms with van der Waals surface area (Å²) in [6, 6.07) is 18.8. The highest BCUT2D eigenvalue weighted by molar-refractivity contribution is 8.04. The van der Waals surface area contributed by atoms with Crippen molar-refractivity contribution in [3.8, 4) is 0 Å². The standard InChI is InChI=1S/C21H14OS/c22-21-17-5-1-2-7-18(17)23-19(21)12-15-11-10-14-9-8-13-4-3-6-16(15)20(13)14/h1-7,10-12H,8-9H2/b19-12-. The van der Waals surface area contributed by atoms with Gasteiger partial charge in [0.2, 0.25) is 5.78 Å². The Morgan fingerprint density at radius 1 is 0.870 bits per heavy atom. The number of allylic oxidation sites excluding steroid dienone is 1. The zero-order valence-electron chi connectivity index (χ0n) is 12.5. The molecule has 0 atom stereocenters. The van der Waals surface area contributed by atoms with Gasteiger partial charge in [-0.3, -0.25) is 4.79 Å².